The second-order valence-corrected chi connectivity index (χ2v) is 5.33. The standard InChI is InChI=1S/C15H16Cl2N2/c1-10-4-3-7-19-15(10)14(18-2)8-11-5-6-12(16)9-13(11)17/h3-7,9,14,18H,8H2,1-2H3. The van der Waals surface area contributed by atoms with E-state index in [1.54, 1.807) is 6.07 Å². The first kappa shape index (κ1) is 14.3. The molecule has 2 aromatic rings. The van der Waals surface area contributed by atoms with E-state index in [0.29, 0.717) is 10.0 Å². The molecule has 2 nitrogen and oxygen atoms in total. The number of nitrogens with one attached hydrogen (secondary N) is 1. The molecular formula is C15H16Cl2N2. The number of hydrogen-bond donors (Lipinski definition) is 1. The van der Waals surface area contributed by atoms with E-state index in [4.69, 9.17) is 23.2 Å². The molecule has 0 aliphatic rings. The first-order valence-corrected chi connectivity index (χ1v) is 6.90. The highest BCUT2D eigenvalue weighted by Crippen LogP contribution is 2.26. The van der Waals surface area contributed by atoms with Gasteiger partial charge in [0.2, 0.25) is 0 Å². The lowest BCUT2D eigenvalue weighted by atomic mass is 10.00. The molecule has 19 heavy (non-hydrogen) atoms. The van der Waals surface area contributed by atoms with Crippen molar-refractivity contribution in [1.82, 2.24) is 10.3 Å². The van der Waals surface area contributed by atoms with Crippen molar-refractivity contribution < 1.29 is 0 Å². The lowest BCUT2D eigenvalue weighted by molar-refractivity contribution is 0.572. The monoisotopic (exact) mass is 294 g/mol. The Morgan fingerprint density at radius 1 is 1.26 bits per heavy atom. The molecule has 0 radical (unpaired) electrons. The van der Waals surface area contributed by atoms with Gasteiger partial charge in [-0.2, -0.15) is 0 Å². The van der Waals surface area contributed by atoms with Crippen molar-refractivity contribution in [2.75, 3.05) is 7.05 Å². The van der Waals surface area contributed by atoms with Crippen LogP contribution >= 0.6 is 23.2 Å². The van der Waals surface area contributed by atoms with Gasteiger partial charge in [-0.25, -0.2) is 0 Å². The molecule has 0 aliphatic carbocycles. The quantitative estimate of drug-likeness (QED) is 0.914. The Morgan fingerprint density at radius 3 is 2.68 bits per heavy atom. The van der Waals surface area contributed by atoms with Crippen LogP contribution in [0.2, 0.25) is 10.0 Å². The molecule has 1 heterocycles. The molecular weight excluding hydrogens is 279 g/mol. The third kappa shape index (κ3) is 3.47. The van der Waals surface area contributed by atoms with E-state index < -0.39 is 0 Å². The lowest BCUT2D eigenvalue weighted by Crippen LogP contribution is -2.21. The number of pyridine rings is 1. The molecule has 1 aromatic heterocycles. The highest BCUT2D eigenvalue weighted by atomic mass is 35.5. The molecule has 1 N–H and O–H groups in total. The van der Waals surface area contributed by atoms with E-state index in [1.807, 2.05) is 31.4 Å². The second-order valence-electron chi connectivity index (χ2n) is 4.49. The third-order valence-corrected chi connectivity index (χ3v) is 3.75. The summed E-state index contributed by atoms with van der Waals surface area (Å²) in [5, 5.41) is 4.65. The van der Waals surface area contributed by atoms with Crippen LogP contribution in [-0.2, 0) is 6.42 Å². The summed E-state index contributed by atoms with van der Waals surface area (Å²) >= 11 is 12.1. The van der Waals surface area contributed by atoms with Gasteiger partial charge in [-0.15, -0.1) is 0 Å². The highest BCUT2D eigenvalue weighted by Gasteiger charge is 2.15. The van der Waals surface area contributed by atoms with Gasteiger partial charge in [-0.3, -0.25) is 4.98 Å². The predicted molar refractivity (Wildman–Crippen MR) is 80.9 cm³/mol. The molecule has 1 atom stereocenters. The largest absolute Gasteiger partial charge is 0.311 e. The minimum absolute atomic E-state index is 0.139. The number of likely N-dealkylation sites (N-methyl/N-ethyl adjacent to an activating group) is 1. The molecule has 0 bridgehead atoms. The van der Waals surface area contributed by atoms with Crippen LogP contribution in [0.15, 0.2) is 36.5 Å². The average Bonchev–Trinajstić information content (AvgIpc) is 2.39. The minimum atomic E-state index is 0.139. The third-order valence-electron chi connectivity index (χ3n) is 3.17. The summed E-state index contributed by atoms with van der Waals surface area (Å²) in [7, 11) is 1.93. The van der Waals surface area contributed by atoms with E-state index in [9.17, 15) is 0 Å². The summed E-state index contributed by atoms with van der Waals surface area (Å²) in [6.07, 6.45) is 2.60. The van der Waals surface area contributed by atoms with Gasteiger partial charge in [-0.05, 0) is 49.7 Å². The Morgan fingerprint density at radius 2 is 2.05 bits per heavy atom. The zero-order valence-electron chi connectivity index (χ0n) is 11.0. The summed E-state index contributed by atoms with van der Waals surface area (Å²) < 4.78 is 0. The maximum absolute atomic E-state index is 6.23. The fourth-order valence-corrected chi connectivity index (χ4v) is 2.59. The van der Waals surface area contributed by atoms with Crippen molar-refractivity contribution in [3.63, 3.8) is 0 Å². The molecule has 0 saturated carbocycles. The summed E-state index contributed by atoms with van der Waals surface area (Å²) in [6, 6.07) is 9.75. The number of nitrogens with zero attached hydrogens (tertiary/aromatic N) is 1. The van der Waals surface area contributed by atoms with Crippen molar-refractivity contribution in [2.24, 2.45) is 0 Å². The topological polar surface area (TPSA) is 24.9 Å². The van der Waals surface area contributed by atoms with Crippen molar-refractivity contribution in [2.45, 2.75) is 19.4 Å². The maximum Gasteiger partial charge on any atom is 0.0605 e. The van der Waals surface area contributed by atoms with E-state index in [1.165, 1.54) is 5.56 Å². The number of aryl methyl sites for hydroxylation is 1. The molecule has 0 fully saturated rings. The van der Waals surface area contributed by atoms with Crippen molar-refractivity contribution in [1.29, 1.82) is 0 Å². The van der Waals surface area contributed by atoms with Crippen LogP contribution in [0.3, 0.4) is 0 Å². The zero-order valence-corrected chi connectivity index (χ0v) is 12.5. The first-order chi connectivity index (χ1) is 9.11. The predicted octanol–water partition coefficient (Wildman–Crippen LogP) is 4.20. The molecule has 0 saturated heterocycles. The van der Waals surface area contributed by atoms with Gasteiger partial charge in [0, 0.05) is 16.2 Å². The van der Waals surface area contributed by atoms with E-state index >= 15 is 0 Å². The van der Waals surface area contributed by atoms with Gasteiger partial charge in [0.1, 0.15) is 0 Å². The highest BCUT2D eigenvalue weighted by molar-refractivity contribution is 6.35. The first-order valence-electron chi connectivity index (χ1n) is 6.14. The summed E-state index contributed by atoms with van der Waals surface area (Å²) in [4.78, 5) is 4.46. The Bertz CT molecular complexity index is 570. The van der Waals surface area contributed by atoms with Crippen molar-refractivity contribution >= 4 is 23.2 Å². The normalized spacial score (nSPS) is 12.4. The van der Waals surface area contributed by atoms with Gasteiger partial charge >= 0.3 is 0 Å². The minimum Gasteiger partial charge on any atom is -0.311 e. The Balaban J connectivity index is 2.27. The van der Waals surface area contributed by atoms with E-state index in [0.717, 1.165) is 17.7 Å². The van der Waals surface area contributed by atoms with Gasteiger partial charge in [-0.1, -0.05) is 35.3 Å². The SMILES string of the molecule is CNC(Cc1ccc(Cl)cc1Cl)c1ncccc1C. The Labute approximate surface area is 123 Å². The van der Waals surface area contributed by atoms with Gasteiger partial charge in [0.05, 0.1) is 11.7 Å². The van der Waals surface area contributed by atoms with Crippen molar-refractivity contribution in [3.05, 3.63) is 63.4 Å². The summed E-state index contributed by atoms with van der Waals surface area (Å²) in [5.41, 5.74) is 3.29. The molecule has 2 rings (SSSR count). The van der Waals surface area contributed by atoms with Crippen LogP contribution < -0.4 is 5.32 Å². The number of benzene rings is 1. The number of halogens is 2. The van der Waals surface area contributed by atoms with E-state index in [-0.39, 0.29) is 6.04 Å². The smallest absolute Gasteiger partial charge is 0.0605 e. The van der Waals surface area contributed by atoms with Crippen molar-refractivity contribution in [3.8, 4) is 0 Å². The summed E-state index contributed by atoms with van der Waals surface area (Å²) in [6.45, 7) is 2.07. The van der Waals surface area contributed by atoms with E-state index in [2.05, 4.69) is 23.3 Å². The van der Waals surface area contributed by atoms with Gasteiger partial charge < -0.3 is 5.32 Å². The van der Waals surface area contributed by atoms with Crippen LogP contribution in [0.25, 0.3) is 0 Å². The lowest BCUT2D eigenvalue weighted by Gasteiger charge is -2.18. The zero-order chi connectivity index (χ0) is 13.8. The van der Waals surface area contributed by atoms with Crippen LogP contribution in [0.5, 0.6) is 0 Å². The Hall–Kier alpha value is -1.09. The molecule has 0 amide bonds. The van der Waals surface area contributed by atoms with Crippen LogP contribution in [0.4, 0.5) is 0 Å². The number of aromatic nitrogens is 1. The molecule has 1 unspecified atom stereocenters. The molecule has 100 valence electrons. The Kier molecular flexibility index (Phi) is 4.81. The average molecular weight is 295 g/mol. The fraction of sp³-hybridized carbons (Fsp3) is 0.267. The second kappa shape index (κ2) is 6.38. The van der Waals surface area contributed by atoms with Crippen LogP contribution in [0.1, 0.15) is 22.9 Å². The number of rotatable bonds is 4. The molecule has 0 aliphatic heterocycles. The maximum atomic E-state index is 6.23. The molecule has 1 aromatic carbocycles. The van der Waals surface area contributed by atoms with Gasteiger partial charge in [0.25, 0.3) is 0 Å². The van der Waals surface area contributed by atoms with Crippen LogP contribution in [-0.4, -0.2) is 12.0 Å². The molecule has 4 heteroatoms. The summed E-state index contributed by atoms with van der Waals surface area (Å²) in [5.74, 6) is 0. The number of hydrogen-bond acceptors (Lipinski definition) is 2. The van der Waals surface area contributed by atoms with Crippen LogP contribution in [0, 0.1) is 6.92 Å². The fourth-order valence-electron chi connectivity index (χ4n) is 2.11. The van der Waals surface area contributed by atoms with Gasteiger partial charge in [0.15, 0.2) is 0 Å². The molecule has 0 spiro atoms.